The lowest BCUT2D eigenvalue weighted by atomic mass is 9.85. The average Bonchev–Trinajstić information content (AvgIpc) is 3.50. The van der Waals surface area contributed by atoms with Gasteiger partial charge >= 0.3 is 0 Å². The molecule has 0 spiro atoms. The Kier molecular flexibility index (Phi) is 6.17. The molecule has 0 fully saturated rings. The van der Waals surface area contributed by atoms with Crippen LogP contribution in [-0.2, 0) is 0 Å². The van der Waals surface area contributed by atoms with Crippen molar-refractivity contribution in [1.29, 1.82) is 0 Å². The zero-order valence-corrected chi connectivity index (χ0v) is 25.1. The summed E-state index contributed by atoms with van der Waals surface area (Å²) in [6.45, 7) is 0. The van der Waals surface area contributed by atoms with E-state index in [4.69, 9.17) is 4.42 Å². The summed E-state index contributed by atoms with van der Waals surface area (Å²) in [5, 5.41) is 7.20. The molecule has 0 N–H and O–H groups in total. The first-order valence-corrected chi connectivity index (χ1v) is 15.7. The highest BCUT2D eigenvalue weighted by atomic mass is 16.3. The van der Waals surface area contributed by atoms with Gasteiger partial charge in [-0.1, -0.05) is 127 Å². The highest BCUT2D eigenvalue weighted by Crippen LogP contribution is 2.47. The van der Waals surface area contributed by atoms with Crippen molar-refractivity contribution in [2.24, 2.45) is 0 Å². The summed E-state index contributed by atoms with van der Waals surface area (Å²) in [6, 6.07) is 62.7. The van der Waals surface area contributed by atoms with Crippen LogP contribution in [-0.4, -0.2) is 0 Å². The van der Waals surface area contributed by atoms with Gasteiger partial charge in [-0.2, -0.15) is 0 Å². The summed E-state index contributed by atoms with van der Waals surface area (Å²) in [5.74, 6) is 0. The number of fused-ring (bicyclic) bond motifs is 6. The third-order valence-corrected chi connectivity index (χ3v) is 9.03. The van der Waals surface area contributed by atoms with Gasteiger partial charge in [0.25, 0.3) is 0 Å². The van der Waals surface area contributed by atoms with Crippen LogP contribution in [0.3, 0.4) is 0 Å². The number of hydrogen-bond acceptors (Lipinski definition) is 2. The maximum atomic E-state index is 6.35. The minimum atomic E-state index is 0.878. The Labute approximate surface area is 267 Å². The average molecular weight is 588 g/mol. The molecular formula is C44H29NO. The van der Waals surface area contributed by atoms with E-state index in [0.717, 1.165) is 39.0 Å². The molecule has 9 aromatic rings. The minimum Gasteiger partial charge on any atom is -0.456 e. The van der Waals surface area contributed by atoms with Gasteiger partial charge in [0.15, 0.2) is 0 Å². The van der Waals surface area contributed by atoms with E-state index in [1.54, 1.807) is 0 Å². The minimum absolute atomic E-state index is 0.878. The largest absolute Gasteiger partial charge is 0.456 e. The fourth-order valence-corrected chi connectivity index (χ4v) is 7.01. The lowest BCUT2D eigenvalue weighted by Gasteiger charge is -2.27. The SMILES string of the molecule is c1ccc(-c2c(-c3ccccc3)c3cc(N(c4ccccc4)c4ccc5c(c4)oc4ccccc45)ccc3c3ccccc23)cc1. The molecule has 2 nitrogen and oxygen atoms in total. The van der Waals surface area contributed by atoms with Crippen molar-refractivity contribution in [2.45, 2.75) is 0 Å². The maximum Gasteiger partial charge on any atom is 0.137 e. The normalized spacial score (nSPS) is 11.5. The van der Waals surface area contributed by atoms with Crippen molar-refractivity contribution in [1.82, 2.24) is 0 Å². The Morgan fingerprint density at radius 2 is 0.783 bits per heavy atom. The molecule has 0 unspecified atom stereocenters. The van der Waals surface area contributed by atoms with Crippen LogP contribution in [0.2, 0.25) is 0 Å². The van der Waals surface area contributed by atoms with E-state index in [9.17, 15) is 0 Å². The van der Waals surface area contributed by atoms with Gasteiger partial charge in [-0.05, 0) is 86.3 Å². The van der Waals surface area contributed by atoms with Gasteiger partial charge in [0.2, 0.25) is 0 Å². The van der Waals surface area contributed by atoms with Crippen LogP contribution < -0.4 is 4.90 Å². The molecule has 9 rings (SSSR count). The van der Waals surface area contributed by atoms with Crippen LogP contribution in [0.15, 0.2) is 180 Å². The molecule has 1 aromatic heterocycles. The van der Waals surface area contributed by atoms with E-state index in [1.807, 2.05) is 12.1 Å². The second kappa shape index (κ2) is 10.8. The number of rotatable bonds is 5. The van der Waals surface area contributed by atoms with Crippen molar-refractivity contribution < 1.29 is 4.42 Å². The van der Waals surface area contributed by atoms with E-state index >= 15 is 0 Å². The van der Waals surface area contributed by atoms with E-state index in [0.29, 0.717) is 0 Å². The standard InChI is InChI=1S/C44H29NO/c1-4-14-30(15-5-1)43-39-22-11-10-20-35(39)36-26-24-33(28-40(36)44(43)31-16-6-2-7-17-31)45(32-18-8-3-9-19-32)34-25-27-38-37-21-12-13-23-41(37)46-42(38)29-34/h1-29H. The molecule has 46 heavy (non-hydrogen) atoms. The van der Waals surface area contributed by atoms with Crippen molar-refractivity contribution >= 4 is 60.5 Å². The lowest BCUT2D eigenvalue weighted by Crippen LogP contribution is -2.09. The fraction of sp³-hybridized carbons (Fsp3) is 0. The molecule has 0 aliphatic carbocycles. The van der Waals surface area contributed by atoms with Crippen LogP contribution in [0.5, 0.6) is 0 Å². The monoisotopic (exact) mass is 587 g/mol. The van der Waals surface area contributed by atoms with Gasteiger partial charge in [-0.3, -0.25) is 0 Å². The highest BCUT2D eigenvalue weighted by Gasteiger charge is 2.20. The number of benzene rings is 8. The Hall–Kier alpha value is -6.12. The first-order valence-electron chi connectivity index (χ1n) is 15.7. The number of furan rings is 1. The van der Waals surface area contributed by atoms with Gasteiger partial charge in [-0.15, -0.1) is 0 Å². The highest BCUT2D eigenvalue weighted by molar-refractivity contribution is 6.22. The van der Waals surface area contributed by atoms with Gasteiger partial charge in [0, 0.05) is 33.9 Å². The Bertz CT molecular complexity index is 2510. The van der Waals surface area contributed by atoms with Crippen molar-refractivity contribution in [3.8, 4) is 22.3 Å². The molecule has 0 saturated heterocycles. The first kappa shape index (κ1) is 26.3. The van der Waals surface area contributed by atoms with Crippen molar-refractivity contribution in [3.05, 3.63) is 176 Å². The predicted molar refractivity (Wildman–Crippen MR) is 194 cm³/mol. The molecule has 0 atom stereocenters. The molecule has 8 aromatic carbocycles. The number of hydrogen-bond donors (Lipinski definition) is 0. The summed E-state index contributed by atoms with van der Waals surface area (Å²) in [4.78, 5) is 2.33. The summed E-state index contributed by atoms with van der Waals surface area (Å²) < 4.78 is 6.35. The third-order valence-electron chi connectivity index (χ3n) is 9.03. The van der Waals surface area contributed by atoms with Gasteiger partial charge in [0.1, 0.15) is 11.2 Å². The first-order chi connectivity index (χ1) is 22.8. The second-order valence-electron chi connectivity index (χ2n) is 11.7. The van der Waals surface area contributed by atoms with E-state index < -0.39 is 0 Å². The molecule has 0 aliphatic rings. The molecule has 0 radical (unpaired) electrons. The Balaban J connectivity index is 1.36. The van der Waals surface area contributed by atoms with Gasteiger partial charge < -0.3 is 9.32 Å². The molecule has 0 aliphatic heterocycles. The number of nitrogens with zero attached hydrogens (tertiary/aromatic N) is 1. The van der Waals surface area contributed by atoms with Crippen molar-refractivity contribution in [2.75, 3.05) is 4.90 Å². The fourth-order valence-electron chi connectivity index (χ4n) is 7.01. The quantitative estimate of drug-likeness (QED) is 0.186. The van der Waals surface area contributed by atoms with Crippen LogP contribution in [0.4, 0.5) is 17.1 Å². The number of para-hydroxylation sites is 2. The van der Waals surface area contributed by atoms with Crippen LogP contribution >= 0.6 is 0 Å². The smallest absolute Gasteiger partial charge is 0.137 e. The summed E-state index contributed by atoms with van der Waals surface area (Å²) >= 11 is 0. The summed E-state index contributed by atoms with van der Waals surface area (Å²) in [5.41, 5.74) is 9.89. The van der Waals surface area contributed by atoms with Gasteiger partial charge in [0.05, 0.1) is 0 Å². The van der Waals surface area contributed by atoms with Gasteiger partial charge in [-0.25, -0.2) is 0 Å². The molecular weight excluding hydrogens is 558 g/mol. The molecule has 2 heteroatoms. The van der Waals surface area contributed by atoms with Crippen LogP contribution in [0.25, 0.3) is 65.7 Å². The Morgan fingerprint density at radius 3 is 1.48 bits per heavy atom. The van der Waals surface area contributed by atoms with E-state index in [2.05, 4.69) is 169 Å². The molecule has 1 heterocycles. The molecule has 0 saturated carbocycles. The zero-order chi connectivity index (χ0) is 30.5. The van der Waals surface area contributed by atoms with Crippen LogP contribution in [0.1, 0.15) is 0 Å². The molecule has 216 valence electrons. The second-order valence-corrected chi connectivity index (χ2v) is 11.7. The summed E-state index contributed by atoms with van der Waals surface area (Å²) in [7, 11) is 0. The lowest BCUT2D eigenvalue weighted by molar-refractivity contribution is 0.669. The number of anilines is 3. The molecule has 0 amide bonds. The summed E-state index contributed by atoms with van der Waals surface area (Å²) in [6.07, 6.45) is 0. The van der Waals surface area contributed by atoms with Crippen molar-refractivity contribution in [3.63, 3.8) is 0 Å². The van der Waals surface area contributed by atoms with Crippen LogP contribution in [0, 0.1) is 0 Å². The van der Waals surface area contributed by atoms with E-state index in [-0.39, 0.29) is 0 Å². The third kappa shape index (κ3) is 4.27. The topological polar surface area (TPSA) is 16.4 Å². The Morgan fingerprint density at radius 1 is 0.304 bits per heavy atom. The maximum absolute atomic E-state index is 6.35. The zero-order valence-electron chi connectivity index (χ0n) is 25.1. The molecule has 0 bridgehead atoms. The van der Waals surface area contributed by atoms with E-state index in [1.165, 1.54) is 43.8 Å². The predicted octanol–water partition coefficient (Wildman–Crippen LogP) is 12.7.